The topological polar surface area (TPSA) is 95.5 Å². The summed E-state index contributed by atoms with van der Waals surface area (Å²) in [5.74, 6) is 0.643. The van der Waals surface area contributed by atoms with Crippen molar-refractivity contribution in [2.75, 3.05) is 5.32 Å². The molecule has 0 radical (unpaired) electrons. The molecule has 0 heterocycles. The molecule has 1 atom stereocenters. The molecular formula is C22H22N2O4. The molecule has 2 rings (SSSR count). The second kappa shape index (κ2) is 10.5. The highest BCUT2D eigenvalue weighted by Gasteiger charge is 2.21. The summed E-state index contributed by atoms with van der Waals surface area (Å²) < 4.78 is 0. The maximum absolute atomic E-state index is 12.5. The fourth-order valence-electron chi connectivity index (χ4n) is 2.60. The van der Waals surface area contributed by atoms with Crippen LogP contribution in [0.2, 0.25) is 0 Å². The molecule has 0 saturated carbocycles. The first kappa shape index (κ1) is 20.7. The van der Waals surface area contributed by atoms with Gasteiger partial charge in [-0.25, -0.2) is 4.79 Å². The van der Waals surface area contributed by atoms with Gasteiger partial charge in [-0.05, 0) is 30.2 Å². The van der Waals surface area contributed by atoms with Crippen molar-refractivity contribution < 1.29 is 19.5 Å². The largest absolute Gasteiger partial charge is 0.480 e. The van der Waals surface area contributed by atoms with E-state index >= 15 is 0 Å². The smallest absolute Gasteiger partial charge is 0.326 e. The first-order chi connectivity index (χ1) is 13.5. The molecule has 6 nitrogen and oxygen atoms in total. The van der Waals surface area contributed by atoms with Crippen molar-refractivity contribution in [2.24, 2.45) is 0 Å². The number of anilines is 1. The summed E-state index contributed by atoms with van der Waals surface area (Å²) in [4.78, 5) is 35.9. The Morgan fingerprint density at radius 3 is 2.50 bits per heavy atom. The van der Waals surface area contributed by atoms with E-state index < -0.39 is 17.9 Å². The monoisotopic (exact) mass is 378 g/mol. The first-order valence-electron chi connectivity index (χ1n) is 8.90. The van der Waals surface area contributed by atoms with Crippen molar-refractivity contribution in [3.05, 3.63) is 65.7 Å². The van der Waals surface area contributed by atoms with Crippen molar-refractivity contribution in [2.45, 2.75) is 31.7 Å². The van der Waals surface area contributed by atoms with Gasteiger partial charge in [0, 0.05) is 30.5 Å². The average molecular weight is 378 g/mol. The van der Waals surface area contributed by atoms with Crippen LogP contribution in [0.15, 0.2) is 54.6 Å². The summed E-state index contributed by atoms with van der Waals surface area (Å²) in [6.45, 7) is 0. The predicted octanol–water partition coefficient (Wildman–Crippen LogP) is 2.85. The maximum atomic E-state index is 12.5. The Bertz CT molecular complexity index is 872. The van der Waals surface area contributed by atoms with Crippen LogP contribution in [0.25, 0.3) is 0 Å². The van der Waals surface area contributed by atoms with Gasteiger partial charge in [0.2, 0.25) is 5.91 Å². The van der Waals surface area contributed by atoms with Crippen LogP contribution in [0.1, 0.15) is 35.2 Å². The molecule has 0 spiro atoms. The van der Waals surface area contributed by atoms with E-state index in [4.69, 9.17) is 6.42 Å². The van der Waals surface area contributed by atoms with Gasteiger partial charge in [0.15, 0.2) is 0 Å². The minimum absolute atomic E-state index is 0.174. The van der Waals surface area contributed by atoms with E-state index in [1.54, 1.807) is 30.3 Å². The van der Waals surface area contributed by atoms with Crippen molar-refractivity contribution in [1.82, 2.24) is 5.32 Å². The Balaban J connectivity index is 2.01. The lowest BCUT2D eigenvalue weighted by molar-refractivity contribution is -0.139. The third-order valence-electron chi connectivity index (χ3n) is 4.02. The van der Waals surface area contributed by atoms with Gasteiger partial charge in [-0.1, -0.05) is 36.4 Å². The van der Waals surface area contributed by atoms with E-state index in [1.807, 2.05) is 18.2 Å². The Morgan fingerprint density at radius 2 is 1.82 bits per heavy atom. The van der Waals surface area contributed by atoms with Gasteiger partial charge in [0.1, 0.15) is 6.04 Å². The van der Waals surface area contributed by atoms with Gasteiger partial charge in [-0.2, -0.15) is 0 Å². The molecule has 0 saturated heterocycles. The number of unbranched alkanes of at least 4 members (excludes halogenated alkanes) is 1. The fourth-order valence-corrected chi connectivity index (χ4v) is 2.60. The zero-order valence-corrected chi connectivity index (χ0v) is 15.4. The molecule has 2 aromatic rings. The SMILES string of the molecule is C#CCCCC(=O)Nc1cccc(C(=O)N[C@@H](Cc2ccccc2)C(=O)O)c1. The van der Waals surface area contributed by atoms with Crippen LogP contribution in [-0.4, -0.2) is 28.9 Å². The van der Waals surface area contributed by atoms with Crippen LogP contribution < -0.4 is 10.6 Å². The zero-order valence-electron chi connectivity index (χ0n) is 15.4. The number of carboxylic acid groups (broad SMARTS) is 1. The summed E-state index contributed by atoms with van der Waals surface area (Å²) in [5, 5.41) is 14.7. The summed E-state index contributed by atoms with van der Waals surface area (Å²) >= 11 is 0. The average Bonchev–Trinajstić information content (AvgIpc) is 2.68. The van der Waals surface area contributed by atoms with Crippen molar-refractivity contribution in [3.8, 4) is 12.3 Å². The number of amides is 2. The highest BCUT2D eigenvalue weighted by molar-refractivity contribution is 5.98. The Morgan fingerprint density at radius 1 is 1.07 bits per heavy atom. The molecule has 0 aliphatic rings. The summed E-state index contributed by atoms with van der Waals surface area (Å²) in [5.41, 5.74) is 1.54. The van der Waals surface area contributed by atoms with Crippen LogP contribution in [-0.2, 0) is 16.0 Å². The molecule has 6 heteroatoms. The number of aliphatic carboxylic acids is 1. The van der Waals surface area contributed by atoms with E-state index in [9.17, 15) is 19.5 Å². The number of hydrogen-bond acceptors (Lipinski definition) is 3. The van der Waals surface area contributed by atoms with E-state index in [2.05, 4.69) is 16.6 Å². The van der Waals surface area contributed by atoms with E-state index in [0.717, 1.165) is 5.56 Å². The molecule has 0 aliphatic heterocycles. The van der Waals surface area contributed by atoms with Crippen LogP contribution in [0.4, 0.5) is 5.69 Å². The van der Waals surface area contributed by atoms with Crippen molar-refractivity contribution in [1.29, 1.82) is 0 Å². The molecule has 3 N–H and O–H groups in total. The molecule has 0 aliphatic carbocycles. The van der Waals surface area contributed by atoms with Gasteiger partial charge in [-0.3, -0.25) is 9.59 Å². The van der Waals surface area contributed by atoms with Crippen LogP contribution in [0.5, 0.6) is 0 Å². The molecule has 0 unspecified atom stereocenters. The van der Waals surface area contributed by atoms with E-state index in [-0.39, 0.29) is 17.9 Å². The van der Waals surface area contributed by atoms with E-state index in [0.29, 0.717) is 24.9 Å². The number of hydrogen-bond donors (Lipinski definition) is 3. The van der Waals surface area contributed by atoms with Crippen molar-refractivity contribution in [3.63, 3.8) is 0 Å². The Kier molecular flexibility index (Phi) is 7.79. The van der Waals surface area contributed by atoms with E-state index in [1.165, 1.54) is 6.07 Å². The number of rotatable bonds is 9. The van der Waals surface area contributed by atoms with Crippen LogP contribution in [0.3, 0.4) is 0 Å². The molecule has 2 aromatic carbocycles. The summed E-state index contributed by atoms with van der Waals surface area (Å²) in [6.07, 6.45) is 6.73. The molecule has 0 aromatic heterocycles. The maximum Gasteiger partial charge on any atom is 0.326 e. The number of carbonyl (C=O) groups is 3. The lowest BCUT2D eigenvalue weighted by Gasteiger charge is -2.15. The molecule has 0 bridgehead atoms. The predicted molar refractivity (Wildman–Crippen MR) is 107 cm³/mol. The minimum atomic E-state index is -1.12. The minimum Gasteiger partial charge on any atom is -0.480 e. The van der Waals surface area contributed by atoms with Gasteiger partial charge in [0.05, 0.1) is 0 Å². The molecule has 144 valence electrons. The second-order valence-electron chi connectivity index (χ2n) is 6.24. The quantitative estimate of drug-likeness (QED) is 0.462. The van der Waals surface area contributed by atoms with Crippen LogP contribution in [0, 0.1) is 12.3 Å². The Labute approximate surface area is 164 Å². The molecule has 28 heavy (non-hydrogen) atoms. The Hall–Kier alpha value is -3.59. The fraction of sp³-hybridized carbons (Fsp3) is 0.227. The third kappa shape index (κ3) is 6.61. The van der Waals surface area contributed by atoms with Crippen LogP contribution >= 0.6 is 0 Å². The summed E-state index contributed by atoms with van der Waals surface area (Å²) in [7, 11) is 0. The highest BCUT2D eigenvalue weighted by atomic mass is 16.4. The highest BCUT2D eigenvalue weighted by Crippen LogP contribution is 2.12. The van der Waals surface area contributed by atoms with Gasteiger partial charge in [0.25, 0.3) is 5.91 Å². The second-order valence-corrected chi connectivity index (χ2v) is 6.24. The number of carbonyl (C=O) groups excluding carboxylic acids is 2. The zero-order chi connectivity index (χ0) is 20.4. The summed E-state index contributed by atoms with van der Waals surface area (Å²) in [6, 6.07) is 14.4. The lowest BCUT2D eigenvalue weighted by atomic mass is 10.1. The number of nitrogens with one attached hydrogen (secondary N) is 2. The lowest BCUT2D eigenvalue weighted by Crippen LogP contribution is -2.42. The molecular weight excluding hydrogens is 356 g/mol. The van der Waals surface area contributed by atoms with Crippen molar-refractivity contribution >= 4 is 23.5 Å². The van der Waals surface area contributed by atoms with Gasteiger partial charge < -0.3 is 15.7 Å². The van der Waals surface area contributed by atoms with Gasteiger partial charge in [-0.15, -0.1) is 12.3 Å². The standard InChI is InChI=1S/C22H22N2O4/c1-2-3-5-13-20(25)23-18-12-8-11-17(15-18)21(26)24-19(22(27)28)14-16-9-6-4-7-10-16/h1,4,6-12,15,19H,3,5,13-14H2,(H,23,25)(H,24,26)(H,27,28)/t19-/m0/s1. The number of benzene rings is 2. The normalized spacial score (nSPS) is 11.1. The number of terminal acetylenes is 1. The number of carboxylic acids is 1. The third-order valence-corrected chi connectivity index (χ3v) is 4.02. The van der Waals surface area contributed by atoms with Gasteiger partial charge >= 0.3 is 5.97 Å². The molecule has 0 fully saturated rings. The molecule has 2 amide bonds. The first-order valence-corrected chi connectivity index (χ1v) is 8.90.